The zero-order valence-electron chi connectivity index (χ0n) is 10.4. The summed E-state index contributed by atoms with van der Waals surface area (Å²) in [5.41, 5.74) is 8.59. The second-order valence-corrected chi connectivity index (χ2v) is 4.26. The molecule has 19 heavy (non-hydrogen) atoms. The molecule has 0 saturated carbocycles. The number of H-pyrrole nitrogens is 1. The molecule has 96 valence electrons. The lowest BCUT2D eigenvalue weighted by atomic mass is 10.1. The molecule has 0 atom stereocenters. The van der Waals surface area contributed by atoms with Gasteiger partial charge >= 0.3 is 0 Å². The fourth-order valence-electron chi connectivity index (χ4n) is 1.95. The Hall–Kier alpha value is -2.70. The van der Waals surface area contributed by atoms with Gasteiger partial charge in [0.25, 0.3) is 0 Å². The van der Waals surface area contributed by atoms with Crippen molar-refractivity contribution in [3.05, 3.63) is 35.9 Å². The van der Waals surface area contributed by atoms with Gasteiger partial charge in [0.1, 0.15) is 0 Å². The molecule has 0 bridgehead atoms. The van der Waals surface area contributed by atoms with E-state index in [-0.39, 0.29) is 0 Å². The van der Waals surface area contributed by atoms with Gasteiger partial charge in [0, 0.05) is 34.0 Å². The third-order valence-corrected chi connectivity index (χ3v) is 2.90. The van der Waals surface area contributed by atoms with Crippen LogP contribution in [0.2, 0.25) is 0 Å². The number of hydrogen-bond donors (Lipinski definition) is 3. The molecule has 0 aliphatic carbocycles. The number of fused-ring (bicyclic) bond motifs is 1. The average molecular weight is 255 g/mol. The van der Waals surface area contributed by atoms with E-state index < -0.39 is 0 Å². The highest BCUT2D eigenvalue weighted by Gasteiger charge is 2.06. The molecule has 7 heteroatoms. The lowest BCUT2D eigenvalue weighted by molar-refractivity contribution is 0.881. The SMILES string of the molecule is Cc1cc2c(NCc3nn[nH]n3)ccc(N)c2cn1. The summed E-state index contributed by atoms with van der Waals surface area (Å²) in [5, 5.41) is 19.0. The molecule has 7 nitrogen and oxygen atoms in total. The molecular weight excluding hydrogens is 242 g/mol. The first-order valence-corrected chi connectivity index (χ1v) is 5.85. The van der Waals surface area contributed by atoms with Gasteiger partial charge in [-0.15, -0.1) is 10.2 Å². The molecule has 0 unspecified atom stereocenters. The van der Waals surface area contributed by atoms with Gasteiger partial charge in [-0.25, -0.2) is 0 Å². The minimum absolute atomic E-state index is 0.497. The molecule has 0 saturated heterocycles. The van der Waals surface area contributed by atoms with E-state index in [0.717, 1.165) is 22.2 Å². The maximum atomic E-state index is 5.96. The molecule has 1 aromatic carbocycles. The maximum Gasteiger partial charge on any atom is 0.193 e. The van der Waals surface area contributed by atoms with Crippen LogP contribution in [-0.2, 0) is 6.54 Å². The van der Waals surface area contributed by atoms with E-state index in [1.54, 1.807) is 6.20 Å². The number of pyridine rings is 1. The lowest BCUT2D eigenvalue weighted by Crippen LogP contribution is -2.03. The molecule has 2 aromatic heterocycles. The number of anilines is 2. The highest BCUT2D eigenvalue weighted by Crippen LogP contribution is 2.28. The van der Waals surface area contributed by atoms with Crippen LogP contribution in [0.15, 0.2) is 24.4 Å². The number of nitrogens with one attached hydrogen (secondary N) is 2. The first-order chi connectivity index (χ1) is 9.24. The molecule has 0 radical (unpaired) electrons. The Morgan fingerprint density at radius 3 is 3.00 bits per heavy atom. The van der Waals surface area contributed by atoms with Crippen LogP contribution in [0.3, 0.4) is 0 Å². The number of rotatable bonds is 3. The van der Waals surface area contributed by atoms with E-state index in [9.17, 15) is 0 Å². The number of tetrazole rings is 1. The molecule has 3 aromatic rings. The van der Waals surface area contributed by atoms with Crippen molar-refractivity contribution in [1.29, 1.82) is 0 Å². The Labute approximate surface area is 109 Å². The van der Waals surface area contributed by atoms with Crippen molar-refractivity contribution in [3.8, 4) is 0 Å². The minimum atomic E-state index is 0.497. The smallest absolute Gasteiger partial charge is 0.193 e. The van der Waals surface area contributed by atoms with E-state index in [0.29, 0.717) is 18.1 Å². The zero-order chi connectivity index (χ0) is 13.2. The monoisotopic (exact) mass is 255 g/mol. The summed E-state index contributed by atoms with van der Waals surface area (Å²) in [6.45, 7) is 2.45. The fourth-order valence-corrected chi connectivity index (χ4v) is 1.95. The number of benzene rings is 1. The van der Waals surface area contributed by atoms with Crippen LogP contribution < -0.4 is 11.1 Å². The summed E-state index contributed by atoms with van der Waals surface area (Å²) < 4.78 is 0. The number of aromatic amines is 1. The minimum Gasteiger partial charge on any atom is -0.398 e. The number of nitrogen functional groups attached to an aromatic ring is 1. The second-order valence-electron chi connectivity index (χ2n) is 4.26. The van der Waals surface area contributed by atoms with Crippen molar-refractivity contribution in [2.45, 2.75) is 13.5 Å². The van der Waals surface area contributed by atoms with Crippen LogP contribution >= 0.6 is 0 Å². The first kappa shape index (κ1) is 11.4. The third-order valence-electron chi connectivity index (χ3n) is 2.90. The molecule has 0 aliphatic heterocycles. The van der Waals surface area contributed by atoms with Gasteiger partial charge in [-0.3, -0.25) is 4.98 Å². The Kier molecular flexibility index (Phi) is 2.71. The van der Waals surface area contributed by atoms with E-state index in [1.165, 1.54) is 0 Å². The topological polar surface area (TPSA) is 105 Å². The lowest BCUT2D eigenvalue weighted by Gasteiger charge is -2.10. The molecule has 3 rings (SSSR count). The molecule has 4 N–H and O–H groups in total. The summed E-state index contributed by atoms with van der Waals surface area (Å²) in [5.74, 6) is 0.607. The number of nitrogens with zero attached hydrogens (tertiary/aromatic N) is 4. The molecule has 0 amide bonds. The van der Waals surface area contributed by atoms with Gasteiger partial charge in [0.15, 0.2) is 5.82 Å². The number of hydrogen-bond acceptors (Lipinski definition) is 6. The van der Waals surface area contributed by atoms with E-state index in [4.69, 9.17) is 5.73 Å². The van der Waals surface area contributed by atoms with Crippen LogP contribution in [0, 0.1) is 6.92 Å². The highest BCUT2D eigenvalue weighted by molar-refractivity contribution is 6.00. The van der Waals surface area contributed by atoms with Gasteiger partial charge in [-0.1, -0.05) is 5.21 Å². The summed E-state index contributed by atoms with van der Waals surface area (Å²) in [7, 11) is 0. The molecular formula is C12H13N7. The van der Waals surface area contributed by atoms with Crippen molar-refractivity contribution >= 4 is 22.1 Å². The van der Waals surface area contributed by atoms with Crippen molar-refractivity contribution < 1.29 is 0 Å². The van der Waals surface area contributed by atoms with E-state index >= 15 is 0 Å². The quantitative estimate of drug-likeness (QED) is 0.608. The summed E-state index contributed by atoms with van der Waals surface area (Å²) >= 11 is 0. The fraction of sp³-hybridized carbons (Fsp3) is 0.167. The Bertz CT molecular complexity index is 705. The van der Waals surface area contributed by atoms with E-state index in [1.807, 2.05) is 25.1 Å². The Morgan fingerprint density at radius 2 is 2.21 bits per heavy atom. The number of aryl methyl sites for hydroxylation is 1. The van der Waals surface area contributed by atoms with Crippen molar-refractivity contribution in [2.75, 3.05) is 11.1 Å². The van der Waals surface area contributed by atoms with Crippen LogP contribution in [0.5, 0.6) is 0 Å². The number of aromatic nitrogens is 5. The summed E-state index contributed by atoms with van der Waals surface area (Å²) in [6.07, 6.45) is 1.79. The van der Waals surface area contributed by atoms with Crippen LogP contribution in [0.25, 0.3) is 10.8 Å². The second kappa shape index (κ2) is 4.52. The van der Waals surface area contributed by atoms with Crippen molar-refractivity contribution in [3.63, 3.8) is 0 Å². The predicted octanol–water partition coefficient (Wildman–Crippen LogP) is 1.25. The van der Waals surface area contributed by atoms with Crippen LogP contribution in [-0.4, -0.2) is 25.6 Å². The normalized spacial score (nSPS) is 10.8. The van der Waals surface area contributed by atoms with Crippen molar-refractivity contribution in [1.82, 2.24) is 25.6 Å². The van der Waals surface area contributed by atoms with Crippen LogP contribution in [0.1, 0.15) is 11.5 Å². The van der Waals surface area contributed by atoms with Crippen LogP contribution in [0.4, 0.5) is 11.4 Å². The average Bonchev–Trinajstić information content (AvgIpc) is 2.91. The Morgan fingerprint density at radius 1 is 1.32 bits per heavy atom. The maximum absolute atomic E-state index is 5.96. The summed E-state index contributed by atoms with van der Waals surface area (Å²) in [6, 6.07) is 5.80. The molecule has 0 spiro atoms. The highest BCUT2D eigenvalue weighted by atomic mass is 15.5. The largest absolute Gasteiger partial charge is 0.398 e. The predicted molar refractivity (Wildman–Crippen MR) is 72.4 cm³/mol. The molecule has 2 heterocycles. The third kappa shape index (κ3) is 2.17. The van der Waals surface area contributed by atoms with Gasteiger partial charge in [-0.05, 0) is 25.1 Å². The number of nitrogens with two attached hydrogens (primary N) is 1. The van der Waals surface area contributed by atoms with Gasteiger partial charge in [-0.2, -0.15) is 5.21 Å². The standard InChI is InChI=1S/C12H13N7/c1-7-4-8-9(5-14-7)10(13)2-3-11(8)15-6-12-16-18-19-17-12/h2-5,15H,6,13H2,1H3,(H,16,17,18,19). The molecule has 0 aliphatic rings. The van der Waals surface area contributed by atoms with Gasteiger partial charge in [0.2, 0.25) is 0 Å². The summed E-state index contributed by atoms with van der Waals surface area (Å²) in [4.78, 5) is 4.27. The van der Waals surface area contributed by atoms with Crippen molar-refractivity contribution in [2.24, 2.45) is 0 Å². The van der Waals surface area contributed by atoms with Gasteiger partial charge < -0.3 is 11.1 Å². The van der Waals surface area contributed by atoms with Gasteiger partial charge in [0.05, 0.1) is 6.54 Å². The first-order valence-electron chi connectivity index (χ1n) is 5.85. The Balaban J connectivity index is 1.98. The van der Waals surface area contributed by atoms with E-state index in [2.05, 4.69) is 30.9 Å². The molecule has 0 fully saturated rings. The zero-order valence-corrected chi connectivity index (χ0v) is 10.4.